The van der Waals surface area contributed by atoms with Gasteiger partial charge in [0.05, 0.1) is 19.0 Å². The summed E-state index contributed by atoms with van der Waals surface area (Å²) in [6.45, 7) is 1.31. The van der Waals surface area contributed by atoms with Gasteiger partial charge in [-0.1, -0.05) is 11.6 Å². The number of nitrogens with zero attached hydrogens (tertiary/aromatic N) is 1. The van der Waals surface area contributed by atoms with Gasteiger partial charge in [0.1, 0.15) is 6.61 Å². The van der Waals surface area contributed by atoms with E-state index in [4.69, 9.17) is 21.1 Å². The highest BCUT2D eigenvalue weighted by Crippen LogP contribution is 2.18. The molecule has 0 aliphatic rings. The van der Waals surface area contributed by atoms with Gasteiger partial charge in [0.25, 0.3) is 0 Å². The molecular formula is C15H14ClNO4. The van der Waals surface area contributed by atoms with Crippen LogP contribution in [0.3, 0.4) is 0 Å². The number of ether oxygens (including phenoxy) is 2. The van der Waals surface area contributed by atoms with Crippen molar-refractivity contribution in [3.05, 3.63) is 57.5 Å². The van der Waals surface area contributed by atoms with Crippen molar-refractivity contribution in [2.45, 2.75) is 13.5 Å². The normalized spacial score (nSPS) is 10.2. The molecule has 110 valence electrons. The second-order valence-corrected chi connectivity index (χ2v) is 4.76. The van der Waals surface area contributed by atoms with Crippen molar-refractivity contribution in [3.8, 4) is 11.4 Å². The molecule has 0 saturated carbocycles. The number of halogens is 1. The molecule has 0 N–H and O–H groups in total. The average molecular weight is 308 g/mol. The van der Waals surface area contributed by atoms with Crippen molar-refractivity contribution in [2.24, 2.45) is 0 Å². The van der Waals surface area contributed by atoms with Crippen LogP contribution in [0.15, 0.2) is 41.3 Å². The number of hydrogen-bond donors (Lipinski definition) is 0. The quantitative estimate of drug-likeness (QED) is 0.815. The van der Waals surface area contributed by atoms with E-state index in [-0.39, 0.29) is 17.8 Å². The molecule has 1 heterocycles. The van der Waals surface area contributed by atoms with Crippen LogP contribution < -0.4 is 10.2 Å². The highest BCUT2D eigenvalue weighted by Gasteiger charge is 2.10. The highest BCUT2D eigenvalue weighted by atomic mass is 35.5. The maximum absolute atomic E-state index is 11.9. The van der Waals surface area contributed by atoms with E-state index in [1.54, 1.807) is 35.0 Å². The number of esters is 1. The van der Waals surface area contributed by atoms with Crippen LogP contribution in [0.4, 0.5) is 0 Å². The predicted molar refractivity (Wildman–Crippen MR) is 79.1 cm³/mol. The molecule has 2 rings (SSSR count). The lowest BCUT2D eigenvalue weighted by Gasteiger charge is -2.15. The highest BCUT2D eigenvalue weighted by molar-refractivity contribution is 6.30. The largest absolute Gasteiger partial charge is 0.491 e. The molecule has 21 heavy (non-hydrogen) atoms. The fourth-order valence-corrected chi connectivity index (χ4v) is 1.96. The van der Waals surface area contributed by atoms with Crippen LogP contribution in [0.25, 0.3) is 5.69 Å². The zero-order valence-corrected chi connectivity index (χ0v) is 12.4. The Hall–Kier alpha value is -2.27. The first-order valence-corrected chi connectivity index (χ1v) is 6.58. The summed E-state index contributed by atoms with van der Waals surface area (Å²) in [4.78, 5) is 22.8. The van der Waals surface area contributed by atoms with E-state index < -0.39 is 5.97 Å². The summed E-state index contributed by atoms with van der Waals surface area (Å²) in [5.41, 5.74) is 1.04. The SMILES string of the molecule is COc1cn(-c2ccc(Cl)cc2)c(COC(C)=O)cc1=O. The molecule has 0 amide bonds. The van der Waals surface area contributed by atoms with Gasteiger partial charge in [-0.05, 0) is 24.3 Å². The molecular weight excluding hydrogens is 294 g/mol. The topological polar surface area (TPSA) is 57.5 Å². The Bertz CT molecular complexity index is 707. The Labute approximate surface area is 126 Å². The van der Waals surface area contributed by atoms with Crippen molar-refractivity contribution in [2.75, 3.05) is 7.11 Å². The third-order valence-corrected chi connectivity index (χ3v) is 3.10. The molecule has 0 radical (unpaired) electrons. The van der Waals surface area contributed by atoms with E-state index in [0.29, 0.717) is 10.7 Å². The zero-order chi connectivity index (χ0) is 15.4. The van der Waals surface area contributed by atoms with Crippen LogP contribution in [-0.2, 0) is 16.1 Å². The van der Waals surface area contributed by atoms with Crippen molar-refractivity contribution in [3.63, 3.8) is 0 Å². The van der Waals surface area contributed by atoms with Crippen molar-refractivity contribution in [1.29, 1.82) is 0 Å². The van der Waals surface area contributed by atoms with Crippen molar-refractivity contribution < 1.29 is 14.3 Å². The van der Waals surface area contributed by atoms with E-state index in [1.165, 1.54) is 20.1 Å². The first kappa shape index (κ1) is 15.1. The summed E-state index contributed by atoms with van der Waals surface area (Å²) in [6, 6.07) is 8.44. The molecule has 0 saturated heterocycles. The molecule has 1 aromatic heterocycles. The van der Waals surface area contributed by atoms with E-state index in [0.717, 1.165) is 5.69 Å². The molecule has 2 aromatic rings. The number of carbonyl (C=O) groups is 1. The lowest BCUT2D eigenvalue weighted by atomic mass is 10.2. The second kappa shape index (κ2) is 6.45. The molecule has 0 unspecified atom stereocenters. The minimum Gasteiger partial charge on any atom is -0.491 e. The standard InChI is InChI=1S/C15H14ClNO4/c1-10(18)21-9-13-7-14(19)15(20-2)8-17(13)12-5-3-11(16)4-6-12/h3-8H,9H2,1-2H3. The second-order valence-electron chi connectivity index (χ2n) is 4.32. The Balaban J connectivity index is 2.51. The van der Waals surface area contributed by atoms with Gasteiger partial charge in [0, 0.05) is 23.7 Å². The molecule has 0 aliphatic heterocycles. The Morgan fingerprint density at radius 2 is 1.95 bits per heavy atom. The van der Waals surface area contributed by atoms with Crippen LogP contribution in [0.2, 0.25) is 5.02 Å². The molecule has 5 nitrogen and oxygen atoms in total. The number of methoxy groups -OCH3 is 1. The maximum atomic E-state index is 11.9. The lowest BCUT2D eigenvalue weighted by molar-refractivity contribution is -0.142. The number of hydrogen-bond acceptors (Lipinski definition) is 4. The number of carbonyl (C=O) groups excluding carboxylic acids is 1. The number of aromatic nitrogens is 1. The van der Waals surface area contributed by atoms with Gasteiger partial charge < -0.3 is 14.0 Å². The fourth-order valence-electron chi connectivity index (χ4n) is 1.84. The van der Waals surface area contributed by atoms with Crippen molar-refractivity contribution >= 4 is 17.6 Å². The van der Waals surface area contributed by atoms with E-state index in [9.17, 15) is 9.59 Å². The van der Waals surface area contributed by atoms with Gasteiger partial charge in [0.2, 0.25) is 5.43 Å². The minimum absolute atomic E-state index is 0.00278. The van der Waals surface area contributed by atoms with Crippen LogP contribution in [-0.4, -0.2) is 17.6 Å². The van der Waals surface area contributed by atoms with E-state index in [2.05, 4.69) is 0 Å². The van der Waals surface area contributed by atoms with Gasteiger partial charge in [-0.2, -0.15) is 0 Å². The molecule has 0 spiro atoms. The molecule has 0 fully saturated rings. The summed E-state index contributed by atoms with van der Waals surface area (Å²) < 4.78 is 11.7. The lowest BCUT2D eigenvalue weighted by Crippen LogP contribution is -2.15. The van der Waals surface area contributed by atoms with Crippen LogP contribution in [0, 0.1) is 0 Å². The molecule has 0 aliphatic carbocycles. The number of benzene rings is 1. The summed E-state index contributed by atoms with van der Waals surface area (Å²) in [6.07, 6.45) is 1.56. The molecule has 0 bridgehead atoms. The fraction of sp³-hybridized carbons (Fsp3) is 0.200. The van der Waals surface area contributed by atoms with Gasteiger partial charge in [0.15, 0.2) is 5.75 Å². The van der Waals surface area contributed by atoms with Gasteiger partial charge in [-0.3, -0.25) is 9.59 Å². The molecule has 6 heteroatoms. The van der Waals surface area contributed by atoms with E-state index >= 15 is 0 Å². The predicted octanol–water partition coefficient (Wildman–Crippen LogP) is 2.56. The van der Waals surface area contributed by atoms with Crippen LogP contribution in [0.1, 0.15) is 12.6 Å². The summed E-state index contributed by atoms with van der Waals surface area (Å²) in [5, 5.41) is 0.605. The van der Waals surface area contributed by atoms with Gasteiger partial charge in [-0.15, -0.1) is 0 Å². The summed E-state index contributed by atoms with van der Waals surface area (Å²) >= 11 is 5.87. The third kappa shape index (κ3) is 3.64. The van der Waals surface area contributed by atoms with Gasteiger partial charge in [-0.25, -0.2) is 0 Å². The van der Waals surface area contributed by atoms with Crippen LogP contribution in [0.5, 0.6) is 5.75 Å². The van der Waals surface area contributed by atoms with Crippen LogP contribution >= 0.6 is 11.6 Å². The minimum atomic E-state index is -0.416. The third-order valence-electron chi connectivity index (χ3n) is 2.84. The monoisotopic (exact) mass is 307 g/mol. The van der Waals surface area contributed by atoms with Gasteiger partial charge >= 0.3 is 5.97 Å². The molecule has 1 aromatic carbocycles. The first-order chi connectivity index (χ1) is 10.0. The molecule has 0 atom stereocenters. The summed E-state index contributed by atoms with van der Waals surface area (Å²) in [5.74, 6) is -0.211. The summed E-state index contributed by atoms with van der Waals surface area (Å²) in [7, 11) is 1.43. The zero-order valence-electron chi connectivity index (χ0n) is 11.6. The average Bonchev–Trinajstić information content (AvgIpc) is 2.46. The van der Waals surface area contributed by atoms with Crippen molar-refractivity contribution in [1.82, 2.24) is 4.57 Å². The Morgan fingerprint density at radius 1 is 1.29 bits per heavy atom. The number of pyridine rings is 1. The smallest absolute Gasteiger partial charge is 0.303 e. The number of rotatable bonds is 4. The first-order valence-electron chi connectivity index (χ1n) is 6.20. The Kier molecular flexibility index (Phi) is 4.65. The maximum Gasteiger partial charge on any atom is 0.303 e. The van der Waals surface area contributed by atoms with E-state index in [1.807, 2.05) is 0 Å². The Morgan fingerprint density at radius 3 is 2.52 bits per heavy atom.